The molecule has 5 rings (SSSR count). The topological polar surface area (TPSA) is 70.1 Å². The van der Waals surface area contributed by atoms with Gasteiger partial charge in [-0.2, -0.15) is 0 Å². The molecule has 6 nitrogen and oxygen atoms in total. The number of rotatable bonds is 6. The van der Waals surface area contributed by atoms with Gasteiger partial charge in [0.2, 0.25) is 0 Å². The fourth-order valence-corrected chi connectivity index (χ4v) is 5.24. The summed E-state index contributed by atoms with van der Waals surface area (Å²) in [5, 5.41) is 11.2. The van der Waals surface area contributed by atoms with Crippen LogP contribution in [0.1, 0.15) is 28.1 Å². The van der Waals surface area contributed by atoms with Crippen molar-refractivity contribution in [3.63, 3.8) is 0 Å². The molecule has 1 aliphatic carbocycles. The molecule has 1 N–H and O–H groups in total. The van der Waals surface area contributed by atoms with Gasteiger partial charge in [-0.3, -0.25) is 4.79 Å². The summed E-state index contributed by atoms with van der Waals surface area (Å²) >= 11 is 14.0. The lowest BCUT2D eigenvalue weighted by Gasteiger charge is -2.37. The zero-order chi connectivity index (χ0) is 23.8. The Morgan fingerprint density at radius 2 is 1.79 bits per heavy atom. The molecule has 2 heterocycles. The first-order valence-corrected chi connectivity index (χ1v) is 12.4. The number of thiophene rings is 1. The number of fused-ring (bicyclic) bond motifs is 1. The minimum absolute atomic E-state index is 0.129. The predicted octanol–water partition coefficient (Wildman–Crippen LogP) is 6.57. The standard InChI is InChI=1S/C25H20Cl2N2O4S/c26-17-14-22(18(27)13-15(17)5-8-23(30)31)33-21-9-12-34-24(21)25(32)29-11-10-28(16-6-7-16)19-3-1-2-4-20(19)29/h1-5,8-9,12-14,16H,6-7,10-11H2,(H,30,31)/b8-5+. The molecule has 2 aliphatic rings. The van der Waals surface area contributed by atoms with E-state index in [0.29, 0.717) is 28.8 Å². The van der Waals surface area contributed by atoms with Gasteiger partial charge in [0.25, 0.3) is 5.91 Å². The number of amides is 1. The van der Waals surface area contributed by atoms with E-state index >= 15 is 0 Å². The normalized spacial score (nSPS) is 15.5. The number of ether oxygens (including phenoxy) is 1. The number of halogens is 2. The Hall–Kier alpha value is -3.00. The highest BCUT2D eigenvalue weighted by molar-refractivity contribution is 7.12. The number of carbonyl (C=O) groups is 2. The Balaban J connectivity index is 1.41. The van der Waals surface area contributed by atoms with Crippen molar-refractivity contribution < 1.29 is 19.4 Å². The molecule has 0 saturated heterocycles. The van der Waals surface area contributed by atoms with E-state index in [1.54, 1.807) is 16.3 Å². The molecule has 0 bridgehead atoms. The number of nitrogens with zero attached hydrogens (tertiary/aromatic N) is 2. The smallest absolute Gasteiger partial charge is 0.328 e. The average molecular weight is 515 g/mol. The van der Waals surface area contributed by atoms with Crippen LogP contribution in [0.5, 0.6) is 11.5 Å². The lowest BCUT2D eigenvalue weighted by Crippen LogP contribution is -2.44. The molecule has 174 valence electrons. The van der Waals surface area contributed by atoms with Gasteiger partial charge in [0.05, 0.1) is 21.4 Å². The molecule has 9 heteroatoms. The number of hydrogen-bond acceptors (Lipinski definition) is 5. The first kappa shape index (κ1) is 22.8. The molecule has 1 fully saturated rings. The average Bonchev–Trinajstić information content (AvgIpc) is 3.57. The van der Waals surface area contributed by atoms with Crippen LogP contribution in [0.15, 0.2) is 53.9 Å². The van der Waals surface area contributed by atoms with Gasteiger partial charge in [0, 0.05) is 31.3 Å². The van der Waals surface area contributed by atoms with Crippen molar-refractivity contribution in [3.05, 3.63) is 74.4 Å². The Morgan fingerprint density at radius 3 is 2.53 bits per heavy atom. The number of para-hydroxylation sites is 2. The van der Waals surface area contributed by atoms with Crippen LogP contribution >= 0.6 is 34.5 Å². The SMILES string of the molecule is O=C(O)/C=C/c1cc(Cl)c(Oc2ccsc2C(=O)N2CCN(C3CC3)c3ccccc32)cc1Cl. The second kappa shape index (κ2) is 9.33. The van der Waals surface area contributed by atoms with Crippen molar-refractivity contribution in [3.8, 4) is 11.5 Å². The maximum absolute atomic E-state index is 13.6. The van der Waals surface area contributed by atoms with Crippen LogP contribution in [0.4, 0.5) is 11.4 Å². The molecule has 0 atom stereocenters. The third kappa shape index (κ3) is 4.51. The van der Waals surface area contributed by atoms with E-state index in [0.717, 1.165) is 24.0 Å². The Kier molecular flexibility index (Phi) is 6.25. The zero-order valence-electron chi connectivity index (χ0n) is 17.9. The second-order valence-electron chi connectivity index (χ2n) is 8.06. The summed E-state index contributed by atoms with van der Waals surface area (Å²) in [4.78, 5) is 29.1. The molecule has 0 spiro atoms. The molecule has 1 saturated carbocycles. The largest absolute Gasteiger partial charge is 0.478 e. The number of benzene rings is 2. The quantitative estimate of drug-likeness (QED) is 0.376. The third-order valence-electron chi connectivity index (χ3n) is 5.78. The lowest BCUT2D eigenvalue weighted by atomic mass is 10.1. The van der Waals surface area contributed by atoms with Gasteiger partial charge in [-0.1, -0.05) is 35.3 Å². The number of aliphatic carboxylic acids is 1. The van der Waals surface area contributed by atoms with Gasteiger partial charge in [0.15, 0.2) is 5.75 Å². The number of carboxylic acid groups (broad SMARTS) is 1. The summed E-state index contributed by atoms with van der Waals surface area (Å²) in [7, 11) is 0. The van der Waals surface area contributed by atoms with E-state index in [4.69, 9.17) is 33.0 Å². The van der Waals surface area contributed by atoms with Gasteiger partial charge < -0.3 is 19.6 Å². The van der Waals surface area contributed by atoms with Crippen molar-refractivity contribution in [2.75, 3.05) is 22.9 Å². The van der Waals surface area contributed by atoms with Gasteiger partial charge in [0.1, 0.15) is 10.6 Å². The zero-order valence-corrected chi connectivity index (χ0v) is 20.2. The third-order valence-corrected chi connectivity index (χ3v) is 7.29. The molecular weight excluding hydrogens is 495 g/mol. The van der Waals surface area contributed by atoms with Crippen molar-refractivity contribution in [2.24, 2.45) is 0 Å². The van der Waals surface area contributed by atoms with Crippen molar-refractivity contribution >= 4 is 63.9 Å². The van der Waals surface area contributed by atoms with Gasteiger partial charge >= 0.3 is 5.97 Å². The van der Waals surface area contributed by atoms with Crippen LogP contribution in [0.2, 0.25) is 10.0 Å². The fourth-order valence-electron chi connectivity index (χ4n) is 4.05. The van der Waals surface area contributed by atoms with E-state index in [9.17, 15) is 9.59 Å². The van der Waals surface area contributed by atoms with Gasteiger partial charge in [-0.15, -0.1) is 11.3 Å². The van der Waals surface area contributed by atoms with Crippen LogP contribution in [0.25, 0.3) is 6.08 Å². The van der Waals surface area contributed by atoms with Crippen molar-refractivity contribution in [2.45, 2.75) is 18.9 Å². The highest BCUT2D eigenvalue weighted by Gasteiger charge is 2.36. The summed E-state index contributed by atoms with van der Waals surface area (Å²) in [6, 6.07) is 13.3. The van der Waals surface area contributed by atoms with E-state index in [-0.39, 0.29) is 21.7 Å². The molecule has 1 amide bonds. The lowest BCUT2D eigenvalue weighted by molar-refractivity contribution is -0.131. The van der Waals surface area contributed by atoms with Crippen molar-refractivity contribution in [1.82, 2.24) is 0 Å². The molecule has 3 aromatic rings. The fraction of sp³-hybridized carbons (Fsp3) is 0.200. The van der Waals surface area contributed by atoms with E-state index in [1.165, 1.54) is 42.4 Å². The summed E-state index contributed by atoms with van der Waals surface area (Å²) in [5.74, 6) is -0.543. The molecule has 0 unspecified atom stereocenters. The number of hydrogen-bond donors (Lipinski definition) is 1. The van der Waals surface area contributed by atoms with Crippen LogP contribution in [-0.4, -0.2) is 36.1 Å². The second-order valence-corrected chi connectivity index (χ2v) is 9.79. The number of anilines is 2. The summed E-state index contributed by atoms with van der Waals surface area (Å²) < 4.78 is 6.01. The van der Waals surface area contributed by atoms with E-state index in [2.05, 4.69) is 11.0 Å². The summed E-state index contributed by atoms with van der Waals surface area (Å²) in [6.45, 7) is 1.39. The molecular formula is C25H20Cl2N2O4S. The number of carbonyl (C=O) groups excluding carboxylic acids is 1. The van der Waals surface area contributed by atoms with Crippen LogP contribution in [-0.2, 0) is 4.79 Å². The first-order valence-electron chi connectivity index (χ1n) is 10.8. The van der Waals surface area contributed by atoms with E-state index < -0.39 is 5.97 Å². The van der Waals surface area contributed by atoms with Crippen molar-refractivity contribution in [1.29, 1.82) is 0 Å². The maximum atomic E-state index is 13.6. The summed E-state index contributed by atoms with van der Waals surface area (Å²) in [6.07, 6.45) is 4.73. The molecule has 0 radical (unpaired) electrons. The van der Waals surface area contributed by atoms with E-state index in [1.807, 2.05) is 18.2 Å². The van der Waals surface area contributed by atoms with Gasteiger partial charge in [-0.25, -0.2) is 4.79 Å². The Labute approximate surface area is 210 Å². The minimum atomic E-state index is -1.09. The Morgan fingerprint density at radius 1 is 1.03 bits per heavy atom. The summed E-state index contributed by atoms with van der Waals surface area (Å²) in [5.41, 5.74) is 2.44. The maximum Gasteiger partial charge on any atom is 0.328 e. The Bertz CT molecular complexity index is 1300. The predicted molar refractivity (Wildman–Crippen MR) is 136 cm³/mol. The van der Waals surface area contributed by atoms with Crippen LogP contribution in [0, 0.1) is 0 Å². The molecule has 2 aromatic carbocycles. The van der Waals surface area contributed by atoms with Crippen LogP contribution < -0.4 is 14.5 Å². The van der Waals surface area contributed by atoms with Gasteiger partial charge in [-0.05, 0) is 54.1 Å². The number of carboxylic acids is 1. The molecule has 1 aromatic heterocycles. The monoisotopic (exact) mass is 514 g/mol. The first-order chi connectivity index (χ1) is 16.4. The highest BCUT2D eigenvalue weighted by Crippen LogP contribution is 2.42. The highest BCUT2D eigenvalue weighted by atomic mass is 35.5. The van der Waals surface area contributed by atoms with Crippen LogP contribution in [0.3, 0.4) is 0 Å². The molecule has 1 aliphatic heterocycles. The minimum Gasteiger partial charge on any atom is -0.478 e. The molecule has 34 heavy (non-hydrogen) atoms.